The number of hydrogen-bond donors (Lipinski definition) is 2. The molecule has 0 bridgehead atoms. The smallest absolute Gasteiger partial charge is 0.338 e. The summed E-state index contributed by atoms with van der Waals surface area (Å²) >= 11 is 0. The predicted octanol–water partition coefficient (Wildman–Crippen LogP) is 3.58. The van der Waals surface area contributed by atoms with Crippen LogP contribution in [-0.2, 0) is 4.74 Å². The zero-order chi connectivity index (χ0) is 19.9. The van der Waals surface area contributed by atoms with Gasteiger partial charge in [0.05, 0.1) is 10.9 Å². The molecule has 6 heteroatoms. The summed E-state index contributed by atoms with van der Waals surface area (Å²) in [6.45, 7) is 4.67. The first kappa shape index (κ1) is 19.6. The molecule has 3 aromatic rings. The van der Waals surface area contributed by atoms with E-state index in [9.17, 15) is 9.59 Å². The third kappa shape index (κ3) is 4.78. The molecule has 0 radical (unpaired) electrons. The monoisotopic (exact) mass is 380 g/mol. The van der Waals surface area contributed by atoms with Gasteiger partial charge in [-0.2, -0.15) is 0 Å². The molecule has 2 aromatic carbocycles. The van der Waals surface area contributed by atoms with E-state index < -0.39 is 12.1 Å². The Kier molecular flexibility index (Phi) is 6.45. The lowest BCUT2D eigenvalue weighted by molar-refractivity contribution is 0.0174. The Bertz CT molecular complexity index is 934. The van der Waals surface area contributed by atoms with Crippen LogP contribution in [0.3, 0.4) is 0 Å². The maximum Gasteiger partial charge on any atom is 0.338 e. The predicted molar refractivity (Wildman–Crippen MR) is 108 cm³/mol. The fraction of sp³-hybridized carbons (Fsp3) is 0.273. The minimum Gasteiger partial charge on any atom is -0.489 e. The molecule has 6 nitrogen and oxygen atoms in total. The Morgan fingerprint density at radius 2 is 1.93 bits per heavy atom. The number of hydrogen-bond acceptors (Lipinski definition) is 5. The quantitative estimate of drug-likeness (QED) is 0.438. The molecular weight excluding hydrogens is 356 g/mol. The van der Waals surface area contributed by atoms with Crippen LogP contribution in [0, 0.1) is 0 Å². The van der Waals surface area contributed by atoms with Crippen molar-refractivity contribution >= 4 is 23.2 Å². The van der Waals surface area contributed by atoms with Gasteiger partial charge in [0.25, 0.3) is 0 Å². The lowest BCUT2D eigenvalue weighted by Gasteiger charge is -2.21. The van der Waals surface area contributed by atoms with Crippen LogP contribution >= 0.6 is 0 Å². The number of nitrogens with one attached hydrogen (secondary N) is 2. The number of carbonyl (C=O) groups excluding carboxylic acids is 2. The Hall–Kier alpha value is -3.12. The third-order valence-corrected chi connectivity index (χ3v) is 4.29. The zero-order valence-electron chi connectivity index (χ0n) is 16.0. The molecule has 1 aromatic heterocycles. The molecule has 1 atom stereocenters. The normalized spacial score (nSPS) is 12.1. The van der Waals surface area contributed by atoms with Crippen molar-refractivity contribution in [1.82, 2.24) is 10.3 Å². The van der Waals surface area contributed by atoms with E-state index in [-0.39, 0.29) is 12.6 Å². The van der Waals surface area contributed by atoms with E-state index in [1.165, 1.54) is 0 Å². The van der Waals surface area contributed by atoms with Crippen molar-refractivity contribution in [3.05, 3.63) is 65.9 Å². The largest absolute Gasteiger partial charge is 0.489 e. The van der Waals surface area contributed by atoms with E-state index in [2.05, 4.69) is 10.3 Å². The number of aromatic amines is 1. The van der Waals surface area contributed by atoms with Gasteiger partial charge in [0.2, 0.25) is 0 Å². The molecular formula is C22H24N2O4. The summed E-state index contributed by atoms with van der Waals surface area (Å²) in [5.74, 6) is 0.180. The van der Waals surface area contributed by atoms with Gasteiger partial charge in [0.1, 0.15) is 18.5 Å². The van der Waals surface area contributed by atoms with Gasteiger partial charge >= 0.3 is 5.97 Å². The number of ether oxygens (including phenoxy) is 2. The van der Waals surface area contributed by atoms with Gasteiger partial charge in [-0.15, -0.1) is 0 Å². The number of fused-ring (bicyclic) bond motifs is 1. The lowest BCUT2D eigenvalue weighted by Crippen LogP contribution is -2.38. The minimum atomic E-state index is -0.482. The van der Waals surface area contributed by atoms with Gasteiger partial charge in [-0.1, -0.05) is 38.1 Å². The van der Waals surface area contributed by atoms with Crippen molar-refractivity contribution in [2.75, 3.05) is 13.2 Å². The van der Waals surface area contributed by atoms with Crippen molar-refractivity contribution in [2.45, 2.75) is 26.0 Å². The molecule has 3 rings (SSSR count). The van der Waals surface area contributed by atoms with E-state index >= 15 is 0 Å². The molecule has 28 heavy (non-hydrogen) atoms. The van der Waals surface area contributed by atoms with Crippen LogP contribution in [0.25, 0.3) is 10.9 Å². The molecule has 0 saturated carbocycles. The Balaban J connectivity index is 1.74. The third-order valence-electron chi connectivity index (χ3n) is 4.29. The maximum atomic E-state index is 12.4. The van der Waals surface area contributed by atoms with E-state index in [0.29, 0.717) is 23.4 Å². The topological polar surface area (TPSA) is 80.4 Å². The van der Waals surface area contributed by atoms with Crippen LogP contribution in [0.4, 0.5) is 0 Å². The highest BCUT2D eigenvalue weighted by Crippen LogP contribution is 2.28. The molecule has 1 heterocycles. The Morgan fingerprint density at radius 1 is 1.14 bits per heavy atom. The average Bonchev–Trinajstić information content (AvgIpc) is 3.14. The molecule has 2 N–H and O–H groups in total. The highest BCUT2D eigenvalue weighted by molar-refractivity contribution is 6.00. The van der Waals surface area contributed by atoms with Gasteiger partial charge < -0.3 is 19.8 Å². The van der Waals surface area contributed by atoms with E-state index in [0.717, 1.165) is 17.2 Å². The Morgan fingerprint density at radius 3 is 2.64 bits per heavy atom. The van der Waals surface area contributed by atoms with E-state index in [1.807, 2.05) is 32.0 Å². The first-order chi connectivity index (χ1) is 13.6. The number of carbonyl (C=O) groups is 2. The molecule has 0 saturated heterocycles. The highest BCUT2D eigenvalue weighted by atomic mass is 16.6. The summed E-state index contributed by atoms with van der Waals surface area (Å²) < 4.78 is 11.6. The molecule has 0 fully saturated rings. The molecule has 0 spiro atoms. The SMILES string of the molecule is CC(C)NCC(COc1cccc2[nH]cc(C=O)c12)OC(=O)c1ccccc1. The van der Waals surface area contributed by atoms with Crippen molar-refractivity contribution < 1.29 is 19.1 Å². The summed E-state index contributed by atoms with van der Waals surface area (Å²) in [5.41, 5.74) is 1.84. The zero-order valence-corrected chi connectivity index (χ0v) is 16.0. The molecule has 1 unspecified atom stereocenters. The molecule has 0 aliphatic heterocycles. The fourth-order valence-corrected chi connectivity index (χ4v) is 2.87. The van der Waals surface area contributed by atoms with Crippen LogP contribution in [0.15, 0.2) is 54.7 Å². The minimum absolute atomic E-state index is 0.168. The van der Waals surface area contributed by atoms with Crippen LogP contribution in [0.2, 0.25) is 0 Å². The van der Waals surface area contributed by atoms with Crippen molar-refractivity contribution in [1.29, 1.82) is 0 Å². The fourth-order valence-electron chi connectivity index (χ4n) is 2.87. The highest BCUT2D eigenvalue weighted by Gasteiger charge is 2.18. The molecule has 0 amide bonds. The van der Waals surface area contributed by atoms with Crippen molar-refractivity contribution in [2.24, 2.45) is 0 Å². The van der Waals surface area contributed by atoms with E-state index in [1.54, 1.807) is 36.5 Å². The van der Waals surface area contributed by atoms with Gasteiger partial charge in [-0.05, 0) is 24.3 Å². The van der Waals surface area contributed by atoms with Gasteiger partial charge in [0.15, 0.2) is 6.29 Å². The van der Waals surface area contributed by atoms with Gasteiger partial charge in [-0.3, -0.25) is 4.79 Å². The van der Waals surface area contributed by atoms with Crippen LogP contribution < -0.4 is 10.1 Å². The summed E-state index contributed by atoms with van der Waals surface area (Å²) in [6, 6.07) is 14.6. The van der Waals surface area contributed by atoms with E-state index in [4.69, 9.17) is 9.47 Å². The average molecular weight is 380 g/mol. The van der Waals surface area contributed by atoms with Gasteiger partial charge in [0, 0.05) is 29.9 Å². The molecule has 0 aliphatic carbocycles. The molecule has 146 valence electrons. The summed E-state index contributed by atoms with van der Waals surface area (Å²) in [4.78, 5) is 26.8. The number of aldehydes is 1. The Labute approximate surface area is 163 Å². The number of esters is 1. The summed E-state index contributed by atoms with van der Waals surface area (Å²) in [7, 11) is 0. The van der Waals surface area contributed by atoms with Crippen LogP contribution in [0.1, 0.15) is 34.6 Å². The number of rotatable bonds is 9. The van der Waals surface area contributed by atoms with Gasteiger partial charge in [-0.25, -0.2) is 4.79 Å². The number of aromatic nitrogens is 1. The van der Waals surface area contributed by atoms with Crippen LogP contribution in [0.5, 0.6) is 5.75 Å². The van der Waals surface area contributed by atoms with Crippen molar-refractivity contribution in [3.63, 3.8) is 0 Å². The number of benzene rings is 2. The second-order valence-electron chi connectivity index (χ2n) is 6.81. The number of H-pyrrole nitrogens is 1. The second kappa shape index (κ2) is 9.19. The first-order valence-electron chi connectivity index (χ1n) is 9.26. The second-order valence-corrected chi connectivity index (χ2v) is 6.81. The molecule has 0 aliphatic rings. The summed E-state index contributed by atoms with van der Waals surface area (Å²) in [5, 5.41) is 4.00. The lowest BCUT2D eigenvalue weighted by atomic mass is 10.1. The summed E-state index contributed by atoms with van der Waals surface area (Å²) in [6.07, 6.45) is 1.96. The maximum absolute atomic E-state index is 12.4. The standard InChI is InChI=1S/C22H24N2O4/c1-15(2)23-12-18(28-22(26)16-7-4-3-5-8-16)14-27-20-10-6-9-19-21(20)17(13-25)11-24-19/h3-11,13,15,18,23-24H,12,14H2,1-2H3. The van der Waals surface area contributed by atoms with Crippen molar-refractivity contribution in [3.8, 4) is 5.75 Å². The first-order valence-corrected chi connectivity index (χ1v) is 9.26. The van der Waals surface area contributed by atoms with Crippen LogP contribution in [-0.4, -0.2) is 42.5 Å².